The van der Waals surface area contributed by atoms with E-state index in [9.17, 15) is 9.59 Å². The Morgan fingerprint density at radius 3 is 2.76 bits per heavy atom. The van der Waals surface area contributed by atoms with E-state index in [2.05, 4.69) is 10.3 Å². The van der Waals surface area contributed by atoms with Crippen molar-refractivity contribution in [1.82, 2.24) is 10.3 Å². The molecule has 5 nitrogen and oxygen atoms in total. The lowest BCUT2D eigenvalue weighted by molar-refractivity contribution is -0.139. The molecule has 0 radical (unpaired) electrons. The summed E-state index contributed by atoms with van der Waals surface area (Å²) in [4.78, 5) is 27.1. The third-order valence-electron chi connectivity index (χ3n) is 2.85. The summed E-state index contributed by atoms with van der Waals surface area (Å²) in [5.74, 6) is -1.56. The van der Waals surface area contributed by atoms with E-state index >= 15 is 0 Å². The number of nitrogens with zero attached hydrogens (tertiary/aromatic N) is 1. The van der Waals surface area contributed by atoms with Crippen LogP contribution in [0.4, 0.5) is 0 Å². The van der Waals surface area contributed by atoms with Crippen LogP contribution in [0.2, 0.25) is 5.02 Å². The maximum absolute atomic E-state index is 12.0. The van der Waals surface area contributed by atoms with Crippen LogP contribution >= 0.6 is 22.9 Å². The fourth-order valence-electron chi connectivity index (χ4n) is 1.71. The second-order valence-electron chi connectivity index (χ2n) is 4.29. The van der Waals surface area contributed by atoms with E-state index in [1.807, 2.05) is 18.2 Å². The Kier molecular flexibility index (Phi) is 4.93. The van der Waals surface area contributed by atoms with Crippen molar-refractivity contribution in [3.05, 3.63) is 40.4 Å². The van der Waals surface area contributed by atoms with Gasteiger partial charge in [-0.05, 0) is 12.5 Å². The number of amides is 1. The maximum Gasteiger partial charge on any atom is 0.326 e. The number of carboxylic acids is 1. The number of aromatic nitrogens is 1. The van der Waals surface area contributed by atoms with E-state index in [4.69, 9.17) is 16.7 Å². The van der Waals surface area contributed by atoms with E-state index in [0.717, 1.165) is 5.56 Å². The molecule has 2 aromatic rings. The number of hydrogen-bond donors (Lipinski definition) is 2. The van der Waals surface area contributed by atoms with Crippen molar-refractivity contribution >= 4 is 34.8 Å². The summed E-state index contributed by atoms with van der Waals surface area (Å²) in [6.45, 7) is 1.69. The van der Waals surface area contributed by atoms with Gasteiger partial charge in [-0.1, -0.05) is 36.7 Å². The molecule has 21 heavy (non-hydrogen) atoms. The van der Waals surface area contributed by atoms with Gasteiger partial charge in [-0.2, -0.15) is 0 Å². The molecule has 2 rings (SSSR count). The maximum atomic E-state index is 12.0. The van der Waals surface area contributed by atoms with Crippen LogP contribution in [0.3, 0.4) is 0 Å². The van der Waals surface area contributed by atoms with Crippen LogP contribution in [-0.4, -0.2) is 28.0 Å². The Labute approximate surface area is 130 Å². The van der Waals surface area contributed by atoms with Crippen LogP contribution in [-0.2, 0) is 4.79 Å². The minimum atomic E-state index is -1.06. The highest BCUT2D eigenvalue weighted by molar-refractivity contribution is 7.13. The first-order valence-electron chi connectivity index (χ1n) is 6.27. The molecule has 0 bridgehead atoms. The van der Waals surface area contributed by atoms with E-state index in [0.29, 0.717) is 16.5 Å². The number of thiazole rings is 1. The average molecular weight is 325 g/mol. The van der Waals surface area contributed by atoms with Crippen molar-refractivity contribution in [2.45, 2.75) is 19.4 Å². The summed E-state index contributed by atoms with van der Waals surface area (Å²) >= 11 is 7.37. The molecule has 0 fully saturated rings. The lowest BCUT2D eigenvalue weighted by Crippen LogP contribution is -2.40. The average Bonchev–Trinajstić information content (AvgIpc) is 2.94. The standard InChI is InChI=1S/C14H13ClN2O3S/c1-2-10(14(19)20)16-12(18)11-7-21-13(17-11)8-5-3-4-6-9(8)15/h3-7,10H,2H2,1H3,(H,16,18)(H,19,20). The van der Waals surface area contributed by atoms with Gasteiger partial charge in [-0.3, -0.25) is 4.79 Å². The molecule has 1 aromatic carbocycles. The largest absolute Gasteiger partial charge is 0.480 e. The number of halogens is 1. The number of carbonyl (C=O) groups excluding carboxylic acids is 1. The lowest BCUT2D eigenvalue weighted by Gasteiger charge is -2.10. The Morgan fingerprint density at radius 2 is 2.14 bits per heavy atom. The molecule has 1 heterocycles. The highest BCUT2D eigenvalue weighted by Gasteiger charge is 2.20. The highest BCUT2D eigenvalue weighted by Crippen LogP contribution is 2.30. The van der Waals surface area contributed by atoms with Gasteiger partial charge < -0.3 is 10.4 Å². The Balaban J connectivity index is 2.18. The summed E-state index contributed by atoms with van der Waals surface area (Å²) < 4.78 is 0. The second-order valence-corrected chi connectivity index (χ2v) is 5.56. The summed E-state index contributed by atoms with van der Waals surface area (Å²) in [5.41, 5.74) is 0.933. The van der Waals surface area contributed by atoms with E-state index in [-0.39, 0.29) is 5.69 Å². The third kappa shape index (κ3) is 3.59. The van der Waals surface area contributed by atoms with Gasteiger partial charge >= 0.3 is 5.97 Å². The molecule has 0 aliphatic carbocycles. The van der Waals surface area contributed by atoms with Gasteiger partial charge in [-0.25, -0.2) is 9.78 Å². The van der Waals surface area contributed by atoms with Crippen molar-refractivity contribution in [2.24, 2.45) is 0 Å². The smallest absolute Gasteiger partial charge is 0.326 e. The number of benzene rings is 1. The number of carbonyl (C=O) groups is 2. The molecule has 1 amide bonds. The van der Waals surface area contributed by atoms with Crippen molar-refractivity contribution < 1.29 is 14.7 Å². The van der Waals surface area contributed by atoms with E-state index in [1.165, 1.54) is 11.3 Å². The number of aliphatic carboxylic acids is 1. The van der Waals surface area contributed by atoms with Crippen LogP contribution in [0.5, 0.6) is 0 Å². The zero-order chi connectivity index (χ0) is 15.4. The molecule has 0 saturated heterocycles. The highest BCUT2D eigenvalue weighted by atomic mass is 35.5. The molecule has 7 heteroatoms. The number of hydrogen-bond acceptors (Lipinski definition) is 4. The number of nitrogens with one attached hydrogen (secondary N) is 1. The zero-order valence-electron chi connectivity index (χ0n) is 11.2. The number of rotatable bonds is 5. The van der Waals surface area contributed by atoms with Crippen LogP contribution in [0.15, 0.2) is 29.6 Å². The first-order chi connectivity index (χ1) is 10.0. The Hall–Kier alpha value is -1.92. The van der Waals surface area contributed by atoms with Gasteiger partial charge in [0.05, 0.1) is 5.02 Å². The molecular weight excluding hydrogens is 312 g/mol. The van der Waals surface area contributed by atoms with Gasteiger partial charge in [-0.15, -0.1) is 11.3 Å². The molecule has 1 unspecified atom stereocenters. The predicted octanol–water partition coefficient (Wildman–Crippen LogP) is 3.06. The molecule has 110 valence electrons. The molecule has 0 aliphatic heterocycles. The molecule has 0 spiro atoms. The van der Waals surface area contributed by atoms with Crippen LogP contribution in [0, 0.1) is 0 Å². The van der Waals surface area contributed by atoms with Crippen molar-refractivity contribution in [1.29, 1.82) is 0 Å². The lowest BCUT2D eigenvalue weighted by atomic mass is 10.2. The van der Waals surface area contributed by atoms with Gasteiger partial charge in [0.15, 0.2) is 0 Å². The Morgan fingerprint density at radius 1 is 1.43 bits per heavy atom. The summed E-state index contributed by atoms with van der Waals surface area (Å²) in [5, 5.41) is 14.1. The minimum absolute atomic E-state index is 0.189. The molecule has 0 saturated carbocycles. The third-order valence-corrected chi connectivity index (χ3v) is 4.06. The normalized spacial score (nSPS) is 11.9. The fourth-order valence-corrected chi connectivity index (χ4v) is 2.83. The molecule has 0 aliphatic rings. The van der Waals surface area contributed by atoms with Crippen molar-refractivity contribution in [3.8, 4) is 10.6 Å². The predicted molar refractivity (Wildman–Crippen MR) is 81.7 cm³/mol. The van der Waals surface area contributed by atoms with Gasteiger partial charge in [0.2, 0.25) is 0 Å². The SMILES string of the molecule is CCC(NC(=O)c1csc(-c2ccccc2Cl)n1)C(=O)O. The number of carboxylic acid groups (broad SMARTS) is 1. The van der Waals surface area contributed by atoms with Crippen LogP contribution in [0.1, 0.15) is 23.8 Å². The van der Waals surface area contributed by atoms with Gasteiger partial charge in [0.1, 0.15) is 16.7 Å². The summed E-state index contributed by atoms with van der Waals surface area (Å²) in [6.07, 6.45) is 0.308. The molecule has 1 atom stereocenters. The fraction of sp³-hybridized carbons (Fsp3) is 0.214. The first kappa shape index (κ1) is 15.5. The van der Waals surface area contributed by atoms with Crippen molar-refractivity contribution in [3.63, 3.8) is 0 Å². The quantitative estimate of drug-likeness (QED) is 0.886. The van der Waals surface area contributed by atoms with Crippen LogP contribution in [0.25, 0.3) is 10.6 Å². The molecule has 1 aromatic heterocycles. The molecular formula is C14H13ClN2O3S. The second kappa shape index (κ2) is 6.69. The van der Waals surface area contributed by atoms with E-state index < -0.39 is 17.9 Å². The summed E-state index contributed by atoms with van der Waals surface area (Å²) in [7, 11) is 0. The Bertz CT molecular complexity index is 672. The van der Waals surface area contributed by atoms with E-state index in [1.54, 1.807) is 18.4 Å². The topological polar surface area (TPSA) is 79.3 Å². The zero-order valence-corrected chi connectivity index (χ0v) is 12.7. The van der Waals surface area contributed by atoms with Gasteiger partial charge in [0.25, 0.3) is 5.91 Å². The van der Waals surface area contributed by atoms with Crippen molar-refractivity contribution in [2.75, 3.05) is 0 Å². The minimum Gasteiger partial charge on any atom is -0.480 e. The monoisotopic (exact) mass is 324 g/mol. The van der Waals surface area contributed by atoms with Crippen LogP contribution < -0.4 is 5.32 Å². The first-order valence-corrected chi connectivity index (χ1v) is 7.52. The van der Waals surface area contributed by atoms with Gasteiger partial charge in [0, 0.05) is 10.9 Å². The summed E-state index contributed by atoms with van der Waals surface area (Å²) in [6, 6.07) is 6.29. The molecule has 2 N–H and O–H groups in total.